The summed E-state index contributed by atoms with van der Waals surface area (Å²) in [6.45, 7) is 2.67. The highest BCUT2D eigenvalue weighted by Gasteiger charge is 2.51. The Morgan fingerprint density at radius 2 is 0.680 bits per heavy atom. The molecule has 0 saturated carbocycles. The molecule has 2 aliphatic rings. The summed E-state index contributed by atoms with van der Waals surface area (Å²) in [5.74, 6) is -0.285. The third kappa shape index (κ3) is 53.1. The van der Waals surface area contributed by atoms with E-state index in [0.717, 1.165) is 103 Å². The molecule has 0 radical (unpaired) electrons. The Morgan fingerprint density at radius 1 is 0.359 bits per heavy atom. The van der Waals surface area contributed by atoms with E-state index in [2.05, 4.69) is 165 Å². The molecule has 0 aliphatic carbocycles. The van der Waals surface area contributed by atoms with Gasteiger partial charge < -0.3 is 65.1 Å². The molecule has 2 aliphatic heterocycles. The predicted molar refractivity (Wildman–Crippen MR) is 428 cm³/mol. The standard InChI is InChI=1S/C89H149NO13/c1-3-5-7-9-11-13-15-17-19-21-23-25-27-29-31-33-35-37-38-39-40-41-43-45-47-49-51-53-55-57-59-61-63-65-67-69-71-73-81(94)90-77(76-100-88-86(99)84(97)87(80(75-92)102-88)103-89-85(98)83(96)82(95)79(74-91)101-89)78(93)72-70-68-66-64-62-60-58-56-54-52-50-48-46-44-42-36-34-32-30-28-26-24-22-20-18-16-14-12-10-8-6-4-2/h5,7,11,13,17,19,23,25,29,31,35,37,39-40,43,45,49,51,55,57,61-64,70,72,77-80,82-89,91-93,95-99H,3-4,6,8-10,12,14-16,18,20-22,24,26-28,30,32-34,36,38,41-42,44,46-48,50,52-54,56,58-60,65-69,71,73-76H2,1-2H3,(H,90,94)/b7-5-,13-11-,19-17-,25-23-,31-29-,37-35-,40-39-,45-43-,51-49-,57-55-,63-61-,64-62+,72-70+. The topological polar surface area (TPSA) is 228 Å². The van der Waals surface area contributed by atoms with Crippen molar-refractivity contribution in [3.05, 3.63) is 158 Å². The van der Waals surface area contributed by atoms with Crippen LogP contribution in [0.3, 0.4) is 0 Å². The molecule has 2 saturated heterocycles. The molecular formula is C89H149NO13. The summed E-state index contributed by atoms with van der Waals surface area (Å²) in [6, 6.07) is -0.965. The molecule has 14 heteroatoms. The highest BCUT2D eigenvalue weighted by molar-refractivity contribution is 5.76. The van der Waals surface area contributed by atoms with E-state index in [-0.39, 0.29) is 18.9 Å². The quantitative estimate of drug-likeness (QED) is 0.0204. The van der Waals surface area contributed by atoms with Crippen molar-refractivity contribution in [2.24, 2.45) is 0 Å². The van der Waals surface area contributed by atoms with E-state index in [1.54, 1.807) is 6.08 Å². The monoisotopic (exact) mass is 1440 g/mol. The number of nitrogens with one attached hydrogen (secondary N) is 1. The maximum absolute atomic E-state index is 13.4. The first-order valence-electron chi connectivity index (χ1n) is 41.2. The lowest BCUT2D eigenvalue weighted by molar-refractivity contribution is -0.359. The molecule has 0 aromatic rings. The highest BCUT2D eigenvalue weighted by atomic mass is 16.7. The largest absolute Gasteiger partial charge is 0.394 e. The molecule has 1 amide bonds. The average molecular weight is 1440 g/mol. The zero-order chi connectivity index (χ0) is 74.4. The fourth-order valence-corrected chi connectivity index (χ4v) is 12.5. The third-order valence-corrected chi connectivity index (χ3v) is 18.9. The van der Waals surface area contributed by atoms with Crippen molar-refractivity contribution < 1.29 is 64.6 Å². The van der Waals surface area contributed by atoms with Crippen LogP contribution in [0.15, 0.2) is 158 Å². The van der Waals surface area contributed by atoms with Gasteiger partial charge in [0.05, 0.1) is 32.0 Å². The van der Waals surface area contributed by atoms with E-state index in [1.165, 1.54) is 167 Å². The van der Waals surface area contributed by atoms with Crippen LogP contribution in [0.1, 0.15) is 303 Å². The second-order valence-corrected chi connectivity index (χ2v) is 28.2. The number of hydrogen-bond acceptors (Lipinski definition) is 13. The van der Waals surface area contributed by atoms with Crippen molar-refractivity contribution in [3.63, 3.8) is 0 Å². The van der Waals surface area contributed by atoms with Gasteiger partial charge in [-0.05, 0) is 116 Å². The first-order chi connectivity index (χ1) is 50.6. The van der Waals surface area contributed by atoms with Crippen LogP contribution in [-0.4, -0.2) is 140 Å². The number of hydrogen-bond donors (Lipinski definition) is 9. The number of carbonyl (C=O) groups excluding carboxylic acids is 1. The molecule has 103 heavy (non-hydrogen) atoms. The SMILES string of the molecule is CC/C=C\C/C=C\C/C=C\C/C=C\C/C=C\C/C=C\C/C=C\C/C=C\C/C=C\C/C=C\C/C=C\CCCCCC(=O)NC(COC1OC(CO)C(OC2OC(CO)C(O)C(O)C2O)C(O)C1O)C(O)/C=C/CC/C=C/CCCCCCCCCCCCCCCCCCCCCCCCCCCC. The van der Waals surface area contributed by atoms with Crippen LogP contribution in [0.25, 0.3) is 0 Å². The van der Waals surface area contributed by atoms with Crippen molar-refractivity contribution >= 4 is 5.91 Å². The molecule has 2 heterocycles. The van der Waals surface area contributed by atoms with Gasteiger partial charge in [-0.15, -0.1) is 0 Å². The van der Waals surface area contributed by atoms with E-state index in [9.17, 15) is 45.6 Å². The fraction of sp³-hybridized carbons (Fsp3) is 0.697. The maximum Gasteiger partial charge on any atom is 0.220 e. The molecule has 12 atom stereocenters. The Labute approximate surface area is 626 Å². The van der Waals surface area contributed by atoms with Gasteiger partial charge in [0, 0.05) is 6.42 Å². The predicted octanol–water partition coefficient (Wildman–Crippen LogP) is 19.3. The lowest BCUT2D eigenvalue weighted by Crippen LogP contribution is -2.65. The van der Waals surface area contributed by atoms with Crippen LogP contribution in [0.2, 0.25) is 0 Å². The zero-order valence-electron chi connectivity index (χ0n) is 64.5. The van der Waals surface area contributed by atoms with Gasteiger partial charge in [0.1, 0.15) is 48.8 Å². The van der Waals surface area contributed by atoms with Gasteiger partial charge in [0.2, 0.25) is 5.91 Å². The van der Waals surface area contributed by atoms with Crippen LogP contribution in [-0.2, 0) is 23.7 Å². The van der Waals surface area contributed by atoms with Gasteiger partial charge in [-0.3, -0.25) is 4.79 Å². The molecule has 0 aromatic carbocycles. The van der Waals surface area contributed by atoms with Crippen molar-refractivity contribution in [2.75, 3.05) is 19.8 Å². The summed E-state index contributed by atoms with van der Waals surface area (Å²) in [7, 11) is 0. The Bertz CT molecular complexity index is 2350. The van der Waals surface area contributed by atoms with Crippen LogP contribution in [0.5, 0.6) is 0 Å². The number of allylic oxidation sites excluding steroid dienone is 25. The third-order valence-electron chi connectivity index (χ3n) is 18.9. The molecule has 0 spiro atoms. The van der Waals surface area contributed by atoms with Crippen LogP contribution in [0, 0.1) is 0 Å². The van der Waals surface area contributed by atoms with Gasteiger partial charge in [-0.25, -0.2) is 0 Å². The number of carbonyl (C=O) groups is 1. The minimum atomic E-state index is -1.80. The van der Waals surface area contributed by atoms with Gasteiger partial charge in [0.25, 0.3) is 0 Å². The lowest BCUT2D eigenvalue weighted by Gasteiger charge is -2.46. The number of unbranched alkanes of at least 4 members (excludes halogenated alkanes) is 30. The Kier molecular flexibility index (Phi) is 64.9. The minimum absolute atomic E-state index is 0.223. The second kappa shape index (κ2) is 70.6. The van der Waals surface area contributed by atoms with Crippen LogP contribution < -0.4 is 5.32 Å². The smallest absolute Gasteiger partial charge is 0.220 e. The molecule has 2 rings (SSSR count). The molecule has 12 unspecified atom stereocenters. The van der Waals surface area contributed by atoms with Crippen molar-refractivity contribution in [1.29, 1.82) is 0 Å². The number of amides is 1. The molecule has 2 fully saturated rings. The summed E-state index contributed by atoms with van der Waals surface area (Å²) in [4.78, 5) is 13.4. The van der Waals surface area contributed by atoms with Crippen LogP contribution in [0.4, 0.5) is 0 Å². The maximum atomic E-state index is 13.4. The van der Waals surface area contributed by atoms with Gasteiger partial charge in [-0.2, -0.15) is 0 Å². The van der Waals surface area contributed by atoms with Crippen molar-refractivity contribution in [2.45, 2.75) is 376 Å². The molecule has 0 bridgehead atoms. The van der Waals surface area contributed by atoms with E-state index in [1.807, 2.05) is 6.08 Å². The average Bonchev–Trinajstić information content (AvgIpc) is 0.791. The van der Waals surface area contributed by atoms with E-state index in [0.29, 0.717) is 12.8 Å². The molecule has 588 valence electrons. The first kappa shape index (κ1) is 94.7. The van der Waals surface area contributed by atoms with Gasteiger partial charge in [0.15, 0.2) is 12.6 Å². The number of rotatable bonds is 67. The van der Waals surface area contributed by atoms with Gasteiger partial charge in [-0.1, -0.05) is 339 Å². The summed E-state index contributed by atoms with van der Waals surface area (Å²) < 4.78 is 22.9. The summed E-state index contributed by atoms with van der Waals surface area (Å²) in [6.07, 6.45) is 91.8. The van der Waals surface area contributed by atoms with Crippen molar-refractivity contribution in [3.8, 4) is 0 Å². The number of ether oxygens (including phenoxy) is 4. The van der Waals surface area contributed by atoms with E-state index < -0.39 is 86.8 Å². The van der Waals surface area contributed by atoms with Crippen molar-refractivity contribution in [1.82, 2.24) is 5.32 Å². The normalized spacial score (nSPS) is 22.4. The first-order valence-corrected chi connectivity index (χ1v) is 41.2. The summed E-state index contributed by atoms with van der Waals surface area (Å²) >= 11 is 0. The molecule has 14 nitrogen and oxygen atoms in total. The Hall–Kier alpha value is -4.39. The summed E-state index contributed by atoms with van der Waals surface area (Å²) in [5.41, 5.74) is 0. The Balaban J connectivity index is 1.67. The van der Waals surface area contributed by atoms with Crippen LogP contribution >= 0.6 is 0 Å². The minimum Gasteiger partial charge on any atom is -0.394 e. The van der Waals surface area contributed by atoms with E-state index >= 15 is 0 Å². The lowest BCUT2D eigenvalue weighted by atomic mass is 9.97. The summed E-state index contributed by atoms with van der Waals surface area (Å²) in [5, 5.41) is 87.7. The number of aliphatic hydroxyl groups excluding tert-OH is 8. The fourth-order valence-electron chi connectivity index (χ4n) is 12.5. The highest BCUT2D eigenvalue weighted by Crippen LogP contribution is 2.30. The van der Waals surface area contributed by atoms with E-state index in [4.69, 9.17) is 18.9 Å². The molecular weight excluding hydrogens is 1290 g/mol. The van der Waals surface area contributed by atoms with Gasteiger partial charge >= 0.3 is 0 Å². The Morgan fingerprint density at radius 3 is 1.07 bits per heavy atom. The molecule has 0 aromatic heterocycles. The zero-order valence-corrected chi connectivity index (χ0v) is 64.5. The molecule has 9 N–H and O–H groups in total. The second-order valence-electron chi connectivity index (χ2n) is 28.2. The number of aliphatic hydroxyl groups is 8.